The fourth-order valence-electron chi connectivity index (χ4n) is 1.12. The average molecular weight is 180 g/mol. The summed E-state index contributed by atoms with van der Waals surface area (Å²) >= 11 is 0. The van der Waals surface area contributed by atoms with Gasteiger partial charge < -0.3 is 10.1 Å². The Kier molecular flexibility index (Phi) is 3.12. The quantitative estimate of drug-likeness (QED) is 0.774. The van der Waals surface area contributed by atoms with Gasteiger partial charge in [0.1, 0.15) is 11.6 Å². The van der Waals surface area contributed by atoms with Gasteiger partial charge in [0.2, 0.25) is 0 Å². The molecular weight excluding hydrogens is 164 g/mol. The molecule has 0 fully saturated rings. The van der Waals surface area contributed by atoms with Gasteiger partial charge in [0, 0.05) is 23.9 Å². The fraction of sp³-hybridized carbons (Fsp3) is 0.500. The standard InChI is InChI=1S/C10H16N2O/c1-7(2)11-10-6-9(13-4)5-8(3)12-10/h5-7H,1-4H3,(H,11,12). The molecule has 0 radical (unpaired) electrons. The van der Waals surface area contributed by atoms with Crippen LogP contribution in [0.5, 0.6) is 5.75 Å². The third-order valence-corrected chi connectivity index (χ3v) is 1.60. The van der Waals surface area contributed by atoms with Crippen molar-refractivity contribution < 1.29 is 4.74 Å². The van der Waals surface area contributed by atoms with Crippen LogP contribution in [0.15, 0.2) is 12.1 Å². The zero-order valence-corrected chi connectivity index (χ0v) is 8.59. The van der Waals surface area contributed by atoms with Gasteiger partial charge in [-0.2, -0.15) is 0 Å². The second-order valence-electron chi connectivity index (χ2n) is 3.33. The van der Waals surface area contributed by atoms with E-state index in [-0.39, 0.29) is 0 Å². The smallest absolute Gasteiger partial charge is 0.130 e. The molecule has 0 saturated heterocycles. The lowest BCUT2D eigenvalue weighted by atomic mass is 10.3. The second-order valence-corrected chi connectivity index (χ2v) is 3.33. The lowest BCUT2D eigenvalue weighted by Gasteiger charge is -2.10. The molecule has 0 spiro atoms. The highest BCUT2D eigenvalue weighted by atomic mass is 16.5. The van der Waals surface area contributed by atoms with Crippen molar-refractivity contribution in [3.05, 3.63) is 17.8 Å². The third kappa shape index (κ3) is 2.93. The lowest BCUT2D eigenvalue weighted by molar-refractivity contribution is 0.414. The number of hydrogen-bond acceptors (Lipinski definition) is 3. The molecule has 3 nitrogen and oxygen atoms in total. The van der Waals surface area contributed by atoms with E-state index in [0.717, 1.165) is 17.3 Å². The van der Waals surface area contributed by atoms with Gasteiger partial charge in [-0.25, -0.2) is 4.98 Å². The van der Waals surface area contributed by atoms with Crippen LogP contribution in [0.2, 0.25) is 0 Å². The molecule has 0 aromatic carbocycles. The van der Waals surface area contributed by atoms with Crippen LogP contribution in [0, 0.1) is 6.92 Å². The molecule has 1 rings (SSSR count). The first-order valence-corrected chi connectivity index (χ1v) is 4.41. The Morgan fingerprint density at radius 3 is 2.62 bits per heavy atom. The molecule has 0 atom stereocenters. The van der Waals surface area contributed by atoms with E-state index in [4.69, 9.17) is 4.74 Å². The van der Waals surface area contributed by atoms with Crippen molar-refractivity contribution in [3.8, 4) is 5.75 Å². The molecule has 13 heavy (non-hydrogen) atoms. The molecule has 0 aliphatic heterocycles. The second kappa shape index (κ2) is 4.12. The Bertz CT molecular complexity index is 284. The SMILES string of the molecule is COc1cc(C)nc(NC(C)C)c1. The van der Waals surface area contributed by atoms with Crippen LogP contribution < -0.4 is 10.1 Å². The van der Waals surface area contributed by atoms with E-state index < -0.39 is 0 Å². The minimum absolute atomic E-state index is 0.388. The maximum atomic E-state index is 5.14. The number of aryl methyl sites for hydroxylation is 1. The summed E-state index contributed by atoms with van der Waals surface area (Å²) in [6.45, 7) is 6.11. The first-order chi connectivity index (χ1) is 6.11. The number of methoxy groups -OCH3 is 1. The summed E-state index contributed by atoms with van der Waals surface area (Å²) < 4.78 is 5.14. The molecule has 1 aromatic rings. The van der Waals surface area contributed by atoms with E-state index >= 15 is 0 Å². The highest BCUT2D eigenvalue weighted by Crippen LogP contribution is 2.17. The van der Waals surface area contributed by atoms with E-state index in [9.17, 15) is 0 Å². The molecule has 0 aliphatic rings. The van der Waals surface area contributed by atoms with Crippen LogP contribution in [-0.2, 0) is 0 Å². The predicted octanol–water partition coefficient (Wildman–Crippen LogP) is 2.22. The number of pyridine rings is 1. The van der Waals surface area contributed by atoms with Gasteiger partial charge in [0.05, 0.1) is 7.11 Å². The summed E-state index contributed by atoms with van der Waals surface area (Å²) in [5.41, 5.74) is 0.961. The number of aromatic nitrogens is 1. The van der Waals surface area contributed by atoms with Crippen molar-refractivity contribution in [1.29, 1.82) is 0 Å². The summed E-state index contributed by atoms with van der Waals surface area (Å²) in [6.07, 6.45) is 0. The van der Waals surface area contributed by atoms with Crippen LogP contribution in [0.4, 0.5) is 5.82 Å². The van der Waals surface area contributed by atoms with E-state index in [2.05, 4.69) is 24.1 Å². The summed E-state index contributed by atoms with van der Waals surface area (Å²) in [4.78, 5) is 4.33. The van der Waals surface area contributed by atoms with Crippen molar-refractivity contribution in [2.45, 2.75) is 26.8 Å². The van der Waals surface area contributed by atoms with Crippen LogP contribution in [0.25, 0.3) is 0 Å². The molecule has 0 aliphatic carbocycles. The minimum atomic E-state index is 0.388. The molecule has 0 saturated carbocycles. The first kappa shape index (κ1) is 9.84. The summed E-state index contributed by atoms with van der Waals surface area (Å²) in [5, 5.41) is 3.23. The number of rotatable bonds is 3. The van der Waals surface area contributed by atoms with Gasteiger partial charge in [-0.3, -0.25) is 0 Å². The van der Waals surface area contributed by atoms with E-state index in [0.29, 0.717) is 6.04 Å². The van der Waals surface area contributed by atoms with Crippen molar-refractivity contribution in [2.24, 2.45) is 0 Å². The van der Waals surface area contributed by atoms with Gasteiger partial charge in [0.25, 0.3) is 0 Å². The summed E-state index contributed by atoms with van der Waals surface area (Å²) in [7, 11) is 1.66. The minimum Gasteiger partial charge on any atom is -0.497 e. The third-order valence-electron chi connectivity index (χ3n) is 1.60. The molecule has 1 aromatic heterocycles. The summed E-state index contributed by atoms with van der Waals surface area (Å²) in [5.74, 6) is 1.71. The summed E-state index contributed by atoms with van der Waals surface area (Å²) in [6, 6.07) is 4.19. The normalized spacial score (nSPS) is 10.2. The number of hydrogen-bond donors (Lipinski definition) is 1. The van der Waals surface area contributed by atoms with Gasteiger partial charge in [0.15, 0.2) is 0 Å². The highest BCUT2D eigenvalue weighted by molar-refractivity contribution is 5.43. The topological polar surface area (TPSA) is 34.1 Å². The number of anilines is 1. The largest absolute Gasteiger partial charge is 0.497 e. The van der Waals surface area contributed by atoms with Gasteiger partial charge >= 0.3 is 0 Å². The molecule has 0 unspecified atom stereocenters. The Balaban J connectivity index is 2.88. The van der Waals surface area contributed by atoms with E-state index in [1.165, 1.54) is 0 Å². The number of nitrogens with zero attached hydrogens (tertiary/aromatic N) is 1. The van der Waals surface area contributed by atoms with Crippen molar-refractivity contribution in [3.63, 3.8) is 0 Å². The molecule has 1 N–H and O–H groups in total. The first-order valence-electron chi connectivity index (χ1n) is 4.41. The van der Waals surface area contributed by atoms with Crippen molar-refractivity contribution in [1.82, 2.24) is 4.98 Å². The molecule has 0 amide bonds. The molecule has 3 heteroatoms. The monoisotopic (exact) mass is 180 g/mol. The highest BCUT2D eigenvalue weighted by Gasteiger charge is 2.00. The average Bonchev–Trinajstić information content (AvgIpc) is 2.01. The zero-order chi connectivity index (χ0) is 9.84. The van der Waals surface area contributed by atoms with Gasteiger partial charge in [-0.15, -0.1) is 0 Å². The number of nitrogens with one attached hydrogen (secondary N) is 1. The predicted molar refractivity (Wildman–Crippen MR) is 54.3 cm³/mol. The Morgan fingerprint density at radius 1 is 1.38 bits per heavy atom. The van der Waals surface area contributed by atoms with Gasteiger partial charge in [-0.05, 0) is 20.8 Å². The van der Waals surface area contributed by atoms with Crippen LogP contribution >= 0.6 is 0 Å². The molecule has 72 valence electrons. The molecule has 1 heterocycles. The van der Waals surface area contributed by atoms with E-state index in [1.807, 2.05) is 19.1 Å². The van der Waals surface area contributed by atoms with Crippen LogP contribution in [0.1, 0.15) is 19.5 Å². The zero-order valence-electron chi connectivity index (χ0n) is 8.59. The molecule has 0 bridgehead atoms. The molecular formula is C10H16N2O. The lowest BCUT2D eigenvalue weighted by Crippen LogP contribution is -2.11. The number of ether oxygens (including phenoxy) is 1. The van der Waals surface area contributed by atoms with Crippen molar-refractivity contribution in [2.75, 3.05) is 12.4 Å². The van der Waals surface area contributed by atoms with Crippen LogP contribution in [-0.4, -0.2) is 18.1 Å². The fourth-order valence-corrected chi connectivity index (χ4v) is 1.12. The van der Waals surface area contributed by atoms with Crippen LogP contribution in [0.3, 0.4) is 0 Å². The van der Waals surface area contributed by atoms with Gasteiger partial charge in [-0.1, -0.05) is 0 Å². The Labute approximate surface area is 79.1 Å². The maximum Gasteiger partial charge on any atom is 0.130 e. The maximum absolute atomic E-state index is 5.14. The van der Waals surface area contributed by atoms with Crippen molar-refractivity contribution >= 4 is 5.82 Å². The van der Waals surface area contributed by atoms with E-state index in [1.54, 1.807) is 7.11 Å². The Morgan fingerprint density at radius 2 is 2.08 bits per heavy atom. The Hall–Kier alpha value is -1.25.